The van der Waals surface area contributed by atoms with Gasteiger partial charge in [-0.05, 0) is 23.6 Å². The molecule has 0 radical (unpaired) electrons. The average molecular weight is 261 g/mol. The second-order valence-electron chi connectivity index (χ2n) is 4.60. The Labute approximate surface area is 113 Å². The Morgan fingerprint density at radius 1 is 1.42 bits per heavy atom. The molecule has 0 spiro atoms. The first-order valence-electron chi connectivity index (χ1n) is 6.48. The molecule has 102 valence electrons. The van der Waals surface area contributed by atoms with E-state index in [2.05, 4.69) is 11.9 Å². The largest absolute Gasteiger partial charge is 0.486 e. The predicted molar refractivity (Wildman–Crippen MR) is 73.7 cm³/mol. The fraction of sp³-hybridized carbons (Fsp3) is 0.400. The van der Waals surface area contributed by atoms with Gasteiger partial charge in [0.25, 0.3) is 0 Å². The van der Waals surface area contributed by atoms with Crippen LogP contribution in [0.1, 0.15) is 24.8 Å². The zero-order chi connectivity index (χ0) is 13.7. The lowest BCUT2D eigenvalue weighted by molar-refractivity contribution is -0.121. The molecule has 4 nitrogen and oxygen atoms in total. The van der Waals surface area contributed by atoms with Gasteiger partial charge in [-0.1, -0.05) is 19.1 Å². The molecule has 0 saturated heterocycles. The van der Waals surface area contributed by atoms with E-state index in [-0.39, 0.29) is 11.8 Å². The lowest BCUT2D eigenvalue weighted by Crippen LogP contribution is -2.24. The number of hydrogen-bond donors (Lipinski definition) is 1. The van der Waals surface area contributed by atoms with Crippen LogP contribution in [0.4, 0.5) is 0 Å². The van der Waals surface area contributed by atoms with E-state index in [1.165, 1.54) is 0 Å². The van der Waals surface area contributed by atoms with Gasteiger partial charge in [0, 0.05) is 13.0 Å². The zero-order valence-corrected chi connectivity index (χ0v) is 11.1. The van der Waals surface area contributed by atoms with E-state index in [9.17, 15) is 4.79 Å². The fourth-order valence-corrected chi connectivity index (χ4v) is 2.02. The average Bonchev–Trinajstić information content (AvgIpc) is 2.44. The quantitative estimate of drug-likeness (QED) is 0.827. The minimum absolute atomic E-state index is 0.0299. The van der Waals surface area contributed by atoms with Crippen molar-refractivity contribution in [2.75, 3.05) is 19.8 Å². The van der Waals surface area contributed by atoms with Gasteiger partial charge in [-0.2, -0.15) is 0 Å². The maximum atomic E-state index is 11.7. The molecule has 2 rings (SSSR count). The van der Waals surface area contributed by atoms with Crippen molar-refractivity contribution in [2.45, 2.75) is 19.3 Å². The Kier molecular flexibility index (Phi) is 4.44. The third kappa shape index (κ3) is 3.50. The summed E-state index contributed by atoms with van der Waals surface area (Å²) in [5, 5.41) is 2.78. The molecule has 1 amide bonds. The van der Waals surface area contributed by atoms with Crippen molar-refractivity contribution in [3.63, 3.8) is 0 Å². The van der Waals surface area contributed by atoms with E-state index >= 15 is 0 Å². The molecule has 0 saturated carbocycles. The van der Waals surface area contributed by atoms with Crippen molar-refractivity contribution in [3.05, 3.63) is 36.4 Å². The molecule has 1 aliphatic heterocycles. The molecule has 19 heavy (non-hydrogen) atoms. The van der Waals surface area contributed by atoms with Crippen LogP contribution >= 0.6 is 0 Å². The topological polar surface area (TPSA) is 47.6 Å². The van der Waals surface area contributed by atoms with E-state index in [1.807, 2.05) is 25.1 Å². The van der Waals surface area contributed by atoms with Crippen LogP contribution < -0.4 is 14.8 Å². The van der Waals surface area contributed by atoms with Gasteiger partial charge in [0.1, 0.15) is 13.2 Å². The normalized spacial score (nSPS) is 14.6. The maximum absolute atomic E-state index is 11.7. The first kappa shape index (κ1) is 13.5. The molecule has 1 unspecified atom stereocenters. The summed E-state index contributed by atoms with van der Waals surface area (Å²) >= 11 is 0. The highest BCUT2D eigenvalue weighted by atomic mass is 16.6. The summed E-state index contributed by atoms with van der Waals surface area (Å²) in [5.41, 5.74) is 1.08. The molecule has 0 fully saturated rings. The van der Waals surface area contributed by atoms with Crippen LogP contribution in [0.15, 0.2) is 30.9 Å². The number of carbonyl (C=O) groups is 1. The van der Waals surface area contributed by atoms with E-state index in [0.29, 0.717) is 26.2 Å². The summed E-state index contributed by atoms with van der Waals surface area (Å²) < 4.78 is 11.0. The molecule has 1 aromatic rings. The van der Waals surface area contributed by atoms with Gasteiger partial charge >= 0.3 is 0 Å². The highest BCUT2D eigenvalue weighted by Gasteiger charge is 2.16. The van der Waals surface area contributed by atoms with Crippen LogP contribution in [0, 0.1) is 0 Å². The number of amides is 1. The van der Waals surface area contributed by atoms with Gasteiger partial charge in [-0.25, -0.2) is 0 Å². The standard InChI is InChI=1S/C15H19NO3/c1-3-6-16-15(17)9-11(2)12-4-5-13-14(10-12)19-8-7-18-13/h3-5,10-11H,1,6-9H2,2H3,(H,16,17). The molecule has 0 aromatic heterocycles. The van der Waals surface area contributed by atoms with Gasteiger partial charge in [0.15, 0.2) is 11.5 Å². The molecule has 1 N–H and O–H groups in total. The maximum Gasteiger partial charge on any atom is 0.220 e. The minimum atomic E-state index is 0.0299. The fourth-order valence-electron chi connectivity index (χ4n) is 2.02. The second-order valence-corrected chi connectivity index (χ2v) is 4.60. The first-order valence-corrected chi connectivity index (χ1v) is 6.48. The Morgan fingerprint density at radius 2 is 2.16 bits per heavy atom. The molecule has 0 aliphatic carbocycles. The number of hydrogen-bond acceptors (Lipinski definition) is 3. The number of carbonyl (C=O) groups excluding carboxylic acids is 1. The number of nitrogens with one attached hydrogen (secondary N) is 1. The van der Waals surface area contributed by atoms with Crippen LogP contribution in [0.3, 0.4) is 0 Å². The van der Waals surface area contributed by atoms with Gasteiger partial charge in [0.05, 0.1) is 0 Å². The van der Waals surface area contributed by atoms with Crippen molar-refractivity contribution in [3.8, 4) is 11.5 Å². The highest BCUT2D eigenvalue weighted by molar-refractivity contribution is 5.77. The third-order valence-electron chi connectivity index (χ3n) is 3.07. The number of benzene rings is 1. The predicted octanol–water partition coefficient (Wildman–Crippen LogP) is 2.25. The van der Waals surface area contributed by atoms with Crippen molar-refractivity contribution in [1.82, 2.24) is 5.32 Å². The summed E-state index contributed by atoms with van der Waals surface area (Å²) in [4.78, 5) is 11.7. The first-order chi connectivity index (χ1) is 9.20. The van der Waals surface area contributed by atoms with Gasteiger partial charge in [-0.15, -0.1) is 6.58 Å². The number of ether oxygens (including phenoxy) is 2. The van der Waals surface area contributed by atoms with Crippen LogP contribution in [-0.2, 0) is 4.79 Å². The van der Waals surface area contributed by atoms with Crippen LogP contribution in [0.25, 0.3) is 0 Å². The Hall–Kier alpha value is -1.97. The van der Waals surface area contributed by atoms with E-state index in [1.54, 1.807) is 6.08 Å². The van der Waals surface area contributed by atoms with Gasteiger partial charge in [-0.3, -0.25) is 4.79 Å². The summed E-state index contributed by atoms with van der Waals surface area (Å²) in [6, 6.07) is 5.85. The SMILES string of the molecule is C=CCNC(=O)CC(C)c1ccc2c(c1)OCCO2. The number of fused-ring (bicyclic) bond motifs is 1. The van der Waals surface area contributed by atoms with E-state index in [0.717, 1.165) is 17.1 Å². The summed E-state index contributed by atoms with van der Waals surface area (Å²) in [7, 11) is 0. The van der Waals surface area contributed by atoms with Crippen LogP contribution in [-0.4, -0.2) is 25.7 Å². The second kappa shape index (κ2) is 6.27. The van der Waals surface area contributed by atoms with Crippen molar-refractivity contribution in [2.24, 2.45) is 0 Å². The third-order valence-corrected chi connectivity index (χ3v) is 3.07. The van der Waals surface area contributed by atoms with Crippen LogP contribution in [0.2, 0.25) is 0 Å². The molecule has 1 aromatic carbocycles. The molecule has 1 aliphatic rings. The van der Waals surface area contributed by atoms with Gasteiger partial charge < -0.3 is 14.8 Å². The summed E-state index contributed by atoms with van der Waals surface area (Å²) in [5.74, 6) is 1.71. The van der Waals surface area contributed by atoms with E-state index in [4.69, 9.17) is 9.47 Å². The van der Waals surface area contributed by atoms with Crippen LogP contribution in [0.5, 0.6) is 11.5 Å². The smallest absolute Gasteiger partial charge is 0.220 e. The Bertz CT molecular complexity index is 470. The van der Waals surface area contributed by atoms with Gasteiger partial charge in [0.2, 0.25) is 5.91 Å². The summed E-state index contributed by atoms with van der Waals surface area (Å²) in [6.07, 6.45) is 2.13. The van der Waals surface area contributed by atoms with Crippen molar-refractivity contribution < 1.29 is 14.3 Å². The van der Waals surface area contributed by atoms with Crippen molar-refractivity contribution >= 4 is 5.91 Å². The molecular weight excluding hydrogens is 242 g/mol. The Balaban J connectivity index is 2.00. The molecule has 1 atom stereocenters. The molecular formula is C15H19NO3. The van der Waals surface area contributed by atoms with E-state index < -0.39 is 0 Å². The lowest BCUT2D eigenvalue weighted by atomic mass is 9.97. The number of rotatable bonds is 5. The molecule has 1 heterocycles. The zero-order valence-electron chi connectivity index (χ0n) is 11.1. The lowest BCUT2D eigenvalue weighted by Gasteiger charge is -2.20. The minimum Gasteiger partial charge on any atom is -0.486 e. The van der Waals surface area contributed by atoms with Crippen molar-refractivity contribution in [1.29, 1.82) is 0 Å². The monoisotopic (exact) mass is 261 g/mol. The Morgan fingerprint density at radius 3 is 2.89 bits per heavy atom. The molecule has 4 heteroatoms. The highest BCUT2D eigenvalue weighted by Crippen LogP contribution is 2.33. The summed E-state index contributed by atoms with van der Waals surface area (Å²) in [6.45, 7) is 7.27. The molecule has 0 bridgehead atoms.